The average molecular weight is 264 g/mol. The zero-order chi connectivity index (χ0) is 13.7. The predicted molar refractivity (Wildman–Crippen MR) is 77.9 cm³/mol. The highest BCUT2D eigenvalue weighted by molar-refractivity contribution is 5.57. The van der Waals surface area contributed by atoms with E-state index in [0.29, 0.717) is 5.92 Å². The summed E-state index contributed by atoms with van der Waals surface area (Å²) < 4.78 is 5.33. The van der Waals surface area contributed by atoms with E-state index in [2.05, 4.69) is 20.6 Å². The van der Waals surface area contributed by atoms with Crippen molar-refractivity contribution in [3.05, 3.63) is 11.4 Å². The Morgan fingerprint density at radius 3 is 2.63 bits per heavy atom. The third kappa shape index (κ3) is 3.80. The maximum Gasteiger partial charge on any atom is 0.136 e. The molecule has 1 aliphatic carbocycles. The molecule has 0 aromatic carbocycles. The number of nitrogens with zero attached hydrogens (tertiary/aromatic N) is 2. The molecule has 1 aliphatic rings. The van der Waals surface area contributed by atoms with E-state index in [9.17, 15) is 0 Å². The zero-order valence-electron chi connectivity index (χ0n) is 12.1. The van der Waals surface area contributed by atoms with Crippen LogP contribution in [0.25, 0.3) is 0 Å². The molecule has 1 saturated carbocycles. The van der Waals surface area contributed by atoms with Gasteiger partial charge in [0.25, 0.3) is 0 Å². The van der Waals surface area contributed by atoms with Gasteiger partial charge in [-0.05, 0) is 33.1 Å². The molecule has 0 amide bonds. The number of nitrogens with one attached hydrogen (secondary N) is 2. The molecule has 0 bridgehead atoms. The lowest BCUT2D eigenvalue weighted by Crippen LogP contribution is -2.11. The lowest BCUT2D eigenvalue weighted by Gasteiger charge is -2.13. The molecular formula is C14H24N4O. The summed E-state index contributed by atoms with van der Waals surface area (Å²) >= 11 is 0. The van der Waals surface area contributed by atoms with Crippen LogP contribution in [0.15, 0.2) is 0 Å². The van der Waals surface area contributed by atoms with Gasteiger partial charge in [0.1, 0.15) is 17.5 Å². The summed E-state index contributed by atoms with van der Waals surface area (Å²) in [5, 5.41) is 6.55. The second-order valence-corrected chi connectivity index (χ2v) is 4.91. The van der Waals surface area contributed by atoms with Gasteiger partial charge in [-0.15, -0.1) is 0 Å². The van der Waals surface area contributed by atoms with E-state index in [1.54, 1.807) is 0 Å². The summed E-state index contributed by atoms with van der Waals surface area (Å²) in [5.74, 6) is 3.43. The van der Waals surface area contributed by atoms with Crippen LogP contribution >= 0.6 is 0 Å². The highest BCUT2D eigenvalue weighted by atomic mass is 16.5. The molecule has 2 N–H and O–H groups in total. The van der Waals surface area contributed by atoms with Crippen LogP contribution in [-0.2, 0) is 4.74 Å². The average Bonchev–Trinajstić information content (AvgIpc) is 3.24. The van der Waals surface area contributed by atoms with Crippen molar-refractivity contribution in [1.82, 2.24) is 9.97 Å². The smallest absolute Gasteiger partial charge is 0.136 e. The Bertz CT molecular complexity index is 418. The third-order valence-electron chi connectivity index (χ3n) is 3.30. The van der Waals surface area contributed by atoms with Crippen LogP contribution in [0.3, 0.4) is 0 Å². The van der Waals surface area contributed by atoms with Gasteiger partial charge in [-0.2, -0.15) is 0 Å². The highest BCUT2D eigenvalue weighted by Crippen LogP contribution is 2.39. The van der Waals surface area contributed by atoms with Gasteiger partial charge in [0.2, 0.25) is 0 Å². The molecule has 19 heavy (non-hydrogen) atoms. The Kier molecular flexibility index (Phi) is 4.96. The van der Waals surface area contributed by atoms with Crippen molar-refractivity contribution in [2.24, 2.45) is 0 Å². The summed E-state index contributed by atoms with van der Waals surface area (Å²) in [7, 11) is 1.91. The first-order valence-electron chi connectivity index (χ1n) is 7.14. The predicted octanol–water partition coefficient (Wildman–Crippen LogP) is 2.54. The Morgan fingerprint density at radius 2 is 2.00 bits per heavy atom. The molecule has 1 aromatic heterocycles. The van der Waals surface area contributed by atoms with E-state index >= 15 is 0 Å². The van der Waals surface area contributed by atoms with Crippen LogP contribution in [0.1, 0.15) is 43.5 Å². The summed E-state index contributed by atoms with van der Waals surface area (Å²) in [4.78, 5) is 9.24. The quantitative estimate of drug-likeness (QED) is 0.707. The summed E-state index contributed by atoms with van der Waals surface area (Å²) in [6.45, 7) is 6.52. The van der Waals surface area contributed by atoms with E-state index in [1.165, 1.54) is 12.8 Å². The van der Waals surface area contributed by atoms with Gasteiger partial charge < -0.3 is 15.4 Å². The molecule has 0 radical (unpaired) electrons. The first kappa shape index (κ1) is 14.1. The molecule has 0 atom stereocenters. The van der Waals surface area contributed by atoms with E-state index < -0.39 is 0 Å². The molecule has 1 aromatic rings. The molecule has 0 saturated heterocycles. The Balaban J connectivity index is 1.99. The van der Waals surface area contributed by atoms with E-state index in [4.69, 9.17) is 4.74 Å². The molecule has 1 heterocycles. The SMILES string of the molecule is CCOCCCNc1nc(C2CC2)nc(NC)c1C. The van der Waals surface area contributed by atoms with Crippen LogP contribution < -0.4 is 10.6 Å². The molecule has 0 aliphatic heterocycles. The minimum absolute atomic E-state index is 0.566. The largest absolute Gasteiger partial charge is 0.382 e. The number of anilines is 2. The van der Waals surface area contributed by atoms with Crippen LogP contribution in [0.4, 0.5) is 11.6 Å². The maximum atomic E-state index is 5.33. The van der Waals surface area contributed by atoms with Gasteiger partial charge in [0.05, 0.1) is 0 Å². The van der Waals surface area contributed by atoms with Crippen LogP contribution in [0.2, 0.25) is 0 Å². The molecule has 0 unspecified atom stereocenters. The summed E-state index contributed by atoms with van der Waals surface area (Å²) in [5.41, 5.74) is 1.09. The van der Waals surface area contributed by atoms with E-state index in [-0.39, 0.29) is 0 Å². The zero-order valence-corrected chi connectivity index (χ0v) is 12.1. The number of hydrogen-bond acceptors (Lipinski definition) is 5. The number of ether oxygens (including phenoxy) is 1. The second kappa shape index (κ2) is 6.70. The van der Waals surface area contributed by atoms with Gasteiger partial charge >= 0.3 is 0 Å². The molecule has 5 nitrogen and oxygen atoms in total. The molecule has 2 rings (SSSR count). The fraction of sp³-hybridized carbons (Fsp3) is 0.714. The first-order chi connectivity index (χ1) is 9.26. The van der Waals surface area contributed by atoms with Crippen molar-refractivity contribution < 1.29 is 4.74 Å². The van der Waals surface area contributed by atoms with Crippen LogP contribution in [0, 0.1) is 6.92 Å². The van der Waals surface area contributed by atoms with Crippen LogP contribution in [0.5, 0.6) is 0 Å². The van der Waals surface area contributed by atoms with Crippen molar-refractivity contribution in [3.8, 4) is 0 Å². The lowest BCUT2D eigenvalue weighted by atomic mass is 10.2. The number of aromatic nitrogens is 2. The van der Waals surface area contributed by atoms with Gasteiger partial charge in [-0.25, -0.2) is 9.97 Å². The fourth-order valence-electron chi connectivity index (χ4n) is 2.00. The lowest BCUT2D eigenvalue weighted by molar-refractivity contribution is 0.147. The Labute approximate surface area is 115 Å². The van der Waals surface area contributed by atoms with Gasteiger partial charge in [0.15, 0.2) is 0 Å². The molecular weight excluding hydrogens is 240 g/mol. The van der Waals surface area contributed by atoms with Gasteiger partial charge in [-0.1, -0.05) is 0 Å². The topological polar surface area (TPSA) is 59.1 Å². The second-order valence-electron chi connectivity index (χ2n) is 4.91. The van der Waals surface area contributed by atoms with Crippen LogP contribution in [-0.4, -0.2) is 36.8 Å². The monoisotopic (exact) mass is 264 g/mol. The maximum absolute atomic E-state index is 5.33. The Morgan fingerprint density at radius 1 is 1.26 bits per heavy atom. The molecule has 1 fully saturated rings. The standard InChI is InChI=1S/C14H24N4O/c1-4-19-9-5-8-16-13-10(2)12(15-3)17-14(18-13)11-6-7-11/h11H,4-9H2,1-3H3,(H2,15,16,17,18). The molecule has 106 valence electrons. The van der Waals surface area contributed by atoms with Crippen molar-refractivity contribution in [1.29, 1.82) is 0 Å². The van der Waals surface area contributed by atoms with Crippen molar-refractivity contribution in [3.63, 3.8) is 0 Å². The van der Waals surface area contributed by atoms with Gasteiger partial charge in [0, 0.05) is 38.3 Å². The normalized spacial score (nSPS) is 14.5. The van der Waals surface area contributed by atoms with E-state index in [1.807, 2.05) is 20.9 Å². The summed E-state index contributed by atoms with van der Waals surface area (Å²) in [6.07, 6.45) is 3.43. The molecule has 5 heteroatoms. The third-order valence-corrected chi connectivity index (χ3v) is 3.30. The Hall–Kier alpha value is -1.36. The molecule has 0 spiro atoms. The van der Waals surface area contributed by atoms with Gasteiger partial charge in [-0.3, -0.25) is 0 Å². The highest BCUT2D eigenvalue weighted by Gasteiger charge is 2.28. The van der Waals surface area contributed by atoms with Crippen molar-refractivity contribution in [2.45, 2.75) is 39.0 Å². The van der Waals surface area contributed by atoms with E-state index in [0.717, 1.165) is 49.2 Å². The fourth-order valence-corrected chi connectivity index (χ4v) is 2.00. The first-order valence-corrected chi connectivity index (χ1v) is 7.14. The number of rotatable bonds is 8. The number of hydrogen-bond donors (Lipinski definition) is 2. The minimum atomic E-state index is 0.566. The van der Waals surface area contributed by atoms with Crippen molar-refractivity contribution in [2.75, 3.05) is 37.4 Å². The minimum Gasteiger partial charge on any atom is -0.382 e. The van der Waals surface area contributed by atoms with Crippen molar-refractivity contribution >= 4 is 11.6 Å². The summed E-state index contributed by atoms with van der Waals surface area (Å²) in [6, 6.07) is 0.